The summed E-state index contributed by atoms with van der Waals surface area (Å²) in [6.45, 7) is 6.66. The average molecular weight is 354 g/mol. The summed E-state index contributed by atoms with van der Waals surface area (Å²) in [5.74, 6) is -0.154. The number of amides is 2. The molecular formula is C18H28ClN3O2. The fourth-order valence-electron chi connectivity index (χ4n) is 2.84. The van der Waals surface area contributed by atoms with Crippen molar-refractivity contribution in [2.75, 3.05) is 6.54 Å². The van der Waals surface area contributed by atoms with Crippen molar-refractivity contribution in [1.82, 2.24) is 10.2 Å². The SMILES string of the molecule is CCC(C)C(=O)N1Cc2ccccc2CC1C(=O)N[C@@H](C)CN.Cl. The van der Waals surface area contributed by atoms with Gasteiger partial charge in [0.1, 0.15) is 6.04 Å². The summed E-state index contributed by atoms with van der Waals surface area (Å²) < 4.78 is 0. The first kappa shape index (κ1) is 20.5. The zero-order chi connectivity index (χ0) is 17.0. The first-order chi connectivity index (χ1) is 11.0. The van der Waals surface area contributed by atoms with E-state index in [2.05, 4.69) is 5.32 Å². The molecule has 6 heteroatoms. The number of rotatable bonds is 5. The molecule has 2 amide bonds. The van der Waals surface area contributed by atoms with E-state index in [1.165, 1.54) is 0 Å². The number of benzene rings is 1. The Bertz CT molecular complexity index is 579. The van der Waals surface area contributed by atoms with Crippen LogP contribution < -0.4 is 11.1 Å². The van der Waals surface area contributed by atoms with Gasteiger partial charge < -0.3 is 16.0 Å². The summed E-state index contributed by atoms with van der Waals surface area (Å²) in [5.41, 5.74) is 7.86. The number of hydrogen-bond acceptors (Lipinski definition) is 3. The molecule has 0 radical (unpaired) electrons. The molecule has 5 nitrogen and oxygen atoms in total. The maximum atomic E-state index is 12.7. The van der Waals surface area contributed by atoms with E-state index in [-0.39, 0.29) is 36.2 Å². The Morgan fingerprint density at radius 3 is 2.50 bits per heavy atom. The van der Waals surface area contributed by atoms with Crippen LogP contribution in [0, 0.1) is 5.92 Å². The molecule has 3 N–H and O–H groups in total. The van der Waals surface area contributed by atoms with Crippen molar-refractivity contribution in [1.29, 1.82) is 0 Å². The van der Waals surface area contributed by atoms with Crippen LogP contribution >= 0.6 is 12.4 Å². The van der Waals surface area contributed by atoms with Crippen molar-refractivity contribution < 1.29 is 9.59 Å². The number of nitrogens with two attached hydrogens (primary N) is 1. The molecule has 0 aromatic heterocycles. The summed E-state index contributed by atoms with van der Waals surface area (Å²) >= 11 is 0. The maximum Gasteiger partial charge on any atom is 0.243 e. The lowest BCUT2D eigenvalue weighted by Crippen LogP contribution is -2.55. The van der Waals surface area contributed by atoms with Gasteiger partial charge in [0.15, 0.2) is 0 Å². The molecule has 0 aliphatic carbocycles. The highest BCUT2D eigenvalue weighted by Gasteiger charge is 2.36. The predicted molar refractivity (Wildman–Crippen MR) is 97.8 cm³/mol. The number of nitrogens with one attached hydrogen (secondary N) is 1. The summed E-state index contributed by atoms with van der Waals surface area (Å²) in [5, 5.41) is 2.91. The van der Waals surface area contributed by atoms with Crippen molar-refractivity contribution in [3.63, 3.8) is 0 Å². The highest BCUT2D eigenvalue weighted by atomic mass is 35.5. The number of hydrogen-bond donors (Lipinski definition) is 2. The summed E-state index contributed by atoms with van der Waals surface area (Å²) in [6.07, 6.45) is 1.33. The molecule has 1 heterocycles. The molecule has 0 fully saturated rings. The van der Waals surface area contributed by atoms with Crippen molar-refractivity contribution in [3.05, 3.63) is 35.4 Å². The van der Waals surface area contributed by atoms with Gasteiger partial charge in [-0.1, -0.05) is 38.1 Å². The summed E-state index contributed by atoms with van der Waals surface area (Å²) in [6, 6.07) is 7.46. The van der Waals surface area contributed by atoms with Gasteiger partial charge in [0.2, 0.25) is 11.8 Å². The monoisotopic (exact) mass is 353 g/mol. The molecule has 2 rings (SSSR count). The minimum Gasteiger partial charge on any atom is -0.351 e. The standard InChI is InChI=1S/C18H27N3O2.ClH/c1-4-12(2)18(23)21-11-15-8-6-5-7-14(15)9-16(21)17(22)20-13(3)10-19;/h5-8,12-13,16H,4,9-11,19H2,1-3H3,(H,20,22);1H/t12?,13-,16?;/m0./s1. The van der Waals surface area contributed by atoms with Gasteiger partial charge in [0.05, 0.1) is 0 Å². The molecule has 1 aliphatic heterocycles. The van der Waals surface area contributed by atoms with Crippen LogP contribution in [-0.2, 0) is 22.6 Å². The fourth-order valence-corrected chi connectivity index (χ4v) is 2.84. The molecule has 0 bridgehead atoms. The first-order valence-electron chi connectivity index (χ1n) is 8.35. The fraction of sp³-hybridized carbons (Fsp3) is 0.556. The second kappa shape index (κ2) is 9.04. The van der Waals surface area contributed by atoms with E-state index in [0.29, 0.717) is 19.5 Å². The number of nitrogens with zero attached hydrogens (tertiary/aromatic N) is 1. The van der Waals surface area contributed by atoms with Crippen LogP contribution in [0.25, 0.3) is 0 Å². The van der Waals surface area contributed by atoms with Crippen molar-refractivity contribution in [2.24, 2.45) is 11.7 Å². The largest absolute Gasteiger partial charge is 0.351 e. The third-order valence-corrected chi connectivity index (χ3v) is 4.61. The molecule has 134 valence electrons. The van der Waals surface area contributed by atoms with Crippen molar-refractivity contribution in [2.45, 2.75) is 52.2 Å². The van der Waals surface area contributed by atoms with Crippen LogP contribution in [0.3, 0.4) is 0 Å². The van der Waals surface area contributed by atoms with Gasteiger partial charge in [-0.2, -0.15) is 0 Å². The molecule has 2 unspecified atom stereocenters. The van der Waals surface area contributed by atoms with E-state index in [1.807, 2.05) is 45.0 Å². The van der Waals surface area contributed by atoms with Crippen molar-refractivity contribution in [3.8, 4) is 0 Å². The van der Waals surface area contributed by atoms with Crippen LogP contribution in [0.2, 0.25) is 0 Å². The smallest absolute Gasteiger partial charge is 0.243 e. The second-order valence-corrected chi connectivity index (χ2v) is 6.41. The topological polar surface area (TPSA) is 75.4 Å². The normalized spacial score (nSPS) is 18.8. The van der Waals surface area contributed by atoms with E-state index in [1.54, 1.807) is 4.90 Å². The average Bonchev–Trinajstić information content (AvgIpc) is 2.58. The summed E-state index contributed by atoms with van der Waals surface area (Å²) in [7, 11) is 0. The Kier molecular flexibility index (Phi) is 7.70. The Balaban J connectivity index is 0.00000288. The van der Waals surface area contributed by atoms with Crippen LogP contribution in [0.5, 0.6) is 0 Å². The molecule has 1 aromatic rings. The third-order valence-electron chi connectivity index (χ3n) is 4.61. The van der Waals surface area contributed by atoms with Gasteiger partial charge >= 0.3 is 0 Å². The number of halogens is 1. The number of carbonyl (C=O) groups excluding carboxylic acids is 2. The minimum absolute atomic E-state index is 0. The highest BCUT2D eigenvalue weighted by Crippen LogP contribution is 2.25. The van der Waals surface area contributed by atoms with Gasteiger partial charge in [0.25, 0.3) is 0 Å². The lowest BCUT2D eigenvalue weighted by molar-refractivity contribution is -0.145. The Labute approximate surface area is 150 Å². The molecule has 0 spiro atoms. The Morgan fingerprint density at radius 1 is 1.29 bits per heavy atom. The third kappa shape index (κ3) is 4.48. The Hall–Kier alpha value is -1.59. The molecule has 24 heavy (non-hydrogen) atoms. The second-order valence-electron chi connectivity index (χ2n) is 6.41. The number of fused-ring (bicyclic) bond motifs is 1. The molecule has 0 saturated carbocycles. The molecule has 1 aliphatic rings. The predicted octanol–water partition coefficient (Wildman–Crippen LogP) is 1.87. The van der Waals surface area contributed by atoms with E-state index < -0.39 is 6.04 Å². The quantitative estimate of drug-likeness (QED) is 0.848. The van der Waals surface area contributed by atoms with E-state index in [4.69, 9.17) is 5.73 Å². The van der Waals surface area contributed by atoms with E-state index in [9.17, 15) is 9.59 Å². The first-order valence-corrected chi connectivity index (χ1v) is 8.35. The lowest BCUT2D eigenvalue weighted by atomic mass is 9.92. The number of carbonyl (C=O) groups is 2. The summed E-state index contributed by atoms with van der Waals surface area (Å²) in [4.78, 5) is 27.1. The van der Waals surface area contributed by atoms with Crippen molar-refractivity contribution >= 4 is 24.2 Å². The van der Waals surface area contributed by atoms with Gasteiger partial charge in [-0.05, 0) is 24.5 Å². The molecule has 1 aromatic carbocycles. The zero-order valence-corrected chi connectivity index (χ0v) is 15.4. The molecule has 0 saturated heterocycles. The zero-order valence-electron chi connectivity index (χ0n) is 14.6. The van der Waals surface area contributed by atoms with Gasteiger partial charge in [-0.15, -0.1) is 12.4 Å². The van der Waals surface area contributed by atoms with Gasteiger partial charge in [0, 0.05) is 31.5 Å². The van der Waals surface area contributed by atoms with E-state index in [0.717, 1.165) is 17.5 Å². The van der Waals surface area contributed by atoms with E-state index >= 15 is 0 Å². The van der Waals surface area contributed by atoms with Crippen LogP contribution in [0.1, 0.15) is 38.3 Å². The maximum absolute atomic E-state index is 12.7. The highest BCUT2D eigenvalue weighted by molar-refractivity contribution is 5.89. The minimum atomic E-state index is -0.458. The van der Waals surface area contributed by atoms with Crippen LogP contribution in [-0.4, -0.2) is 35.3 Å². The van der Waals surface area contributed by atoms with Gasteiger partial charge in [-0.3, -0.25) is 9.59 Å². The Morgan fingerprint density at radius 2 is 1.92 bits per heavy atom. The lowest BCUT2D eigenvalue weighted by Gasteiger charge is -2.37. The molecular weight excluding hydrogens is 326 g/mol. The van der Waals surface area contributed by atoms with Crippen LogP contribution in [0.15, 0.2) is 24.3 Å². The van der Waals surface area contributed by atoms with Crippen LogP contribution in [0.4, 0.5) is 0 Å². The van der Waals surface area contributed by atoms with Gasteiger partial charge in [-0.25, -0.2) is 0 Å². The molecule has 3 atom stereocenters.